The van der Waals surface area contributed by atoms with E-state index in [1.165, 1.54) is 0 Å². The highest BCUT2D eigenvalue weighted by molar-refractivity contribution is 5.61. The van der Waals surface area contributed by atoms with Crippen LogP contribution in [-0.2, 0) is 4.74 Å². The van der Waals surface area contributed by atoms with Crippen LogP contribution in [0.1, 0.15) is 0 Å². The maximum Gasteiger partial charge on any atom is 0.146 e. The third-order valence-corrected chi connectivity index (χ3v) is 2.23. The van der Waals surface area contributed by atoms with Crippen molar-refractivity contribution in [1.82, 2.24) is 4.98 Å². The van der Waals surface area contributed by atoms with E-state index < -0.39 is 6.10 Å². The van der Waals surface area contributed by atoms with Crippen molar-refractivity contribution in [3.8, 4) is 0 Å². The second-order valence-corrected chi connectivity index (χ2v) is 3.29. The SMILES string of the molecule is Nc1ncccc1N[C@@H]1COC[C@H]1O. The normalized spacial score (nSPS) is 26.4. The van der Waals surface area contributed by atoms with Crippen molar-refractivity contribution < 1.29 is 9.84 Å². The number of anilines is 2. The van der Waals surface area contributed by atoms with Gasteiger partial charge in [-0.1, -0.05) is 0 Å². The summed E-state index contributed by atoms with van der Waals surface area (Å²) in [4.78, 5) is 3.94. The van der Waals surface area contributed by atoms with Gasteiger partial charge < -0.3 is 20.9 Å². The number of hydrogen-bond donors (Lipinski definition) is 3. The third kappa shape index (κ3) is 1.78. The lowest BCUT2D eigenvalue weighted by atomic mass is 10.2. The van der Waals surface area contributed by atoms with E-state index in [0.29, 0.717) is 19.0 Å². The number of nitrogens with one attached hydrogen (secondary N) is 1. The quantitative estimate of drug-likeness (QED) is 0.610. The molecule has 0 aliphatic carbocycles. The zero-order valence-corrected chi connectivity index (χ0v) is 7.68. The van der Waals surface area contributed by atoms with E-state index in [-0.39, 0.29) is 6.04 Å². The highest BCUT2D eigenvalue weighted by Crippen LogP contribution is 2.18. The maximum atomic E-state index is 9.49. The summed E-state index contributed by atoms with van der Waals surface area (Å²) in [5, 5.41) is 12.6. The number of aliphatic hydroxyl groups is 1. The Bertz CT molecular complexity index is 319. The summed E-state index contributed by atoms with van der Waals surface area (Å²) in [7, 11) is 0. The number of nitrogen functional groups attached to an aromatic ring is 1. The van der Waals surface area contributed by atoms with Gasteiger partial charge in [0.05, 0.1) is 31.0 Å². The maximum absolute atomic E-state index is 9.49. The van der Waals surface area contributed by atoms with Gasteiger partial charge in [-0.05, 0) is 12.1 Å². The van der Waals surface area contributed by atoms with Crippen LogP contribution in [0.5, 0.6) is 0 Å². The highest BCUT2D eigenvalue weighted by atomic mass is 16.5. The topological polar surface area (TPSA) is 80.4 Å². The largest absolute Gasteiger partial charge is 0.388 e. The molecule has 0 spiro atoms. The van der Waals surface area contributed by atoms with Crippen LogP contribution in [0, 0.1) is 0 Å². The van der Waals surface area contributed by atoms with Crippen molar-refractivity contribution in [1.29, 1.82) is 0 Å². The van der Waals surface area contributed by atoms with Crippen molar-refractivity contribution in [2.45, 2.75) is 12.1 Å². The molecule has 0 bridgehead atoms. The van der Waals surface area contributed by atoms with Gasteiger partial charge in [-0.2, -0.15) is 0 Å². The number of pyridine rings is 1. The molecule has 1 aromatic heterocycles. The van der Waals surface area contributed by atoms with E-state index in [0.717, 1.165) is 5.69 Å². The summed E-state index contributed by atoms with van der Waals surface area (Å²) in [6.45, 7) is 0.868. The Labute approximate surface area is 81.9 Å². The Morgan fingerprint density at radius 1 is 1.57 bits per heavy atom. The number of aromatic nitrogens is 1. The van der Waals surface area contributed by atoms with Crippen molar-refractivity contribution in [3.63, 3.8) is 0 Å². The summed E-state index contributed by atoms with van der Waals surface area (Å²) in [6, 6.07) is 3.52. The lowest BCUT2D eigenvalue weighted by Gasteiger charge is -2.16. The molecule has 2 atom stereocenters. The van der Waals surface area contributed by atoms with Crippen LogP contribution in [0.25, 0.3) is 0 Å². The summed E-state index contributed by atoms with van der Waals surface area (Å²) < 4.78 is 5.11. The minimum Gasteiger partial charge on any atom is -0.388 e. The molecule has 2 rings (SSSR count). The average Bonchev–Trinajstić information content (AvgIpc) is 2.56. The first kappa shape index (κ1) is 9.23. The molecular formula is C9H13N3O2. The first-order valence-electron chi connectivity index (χ1n) is 4.50. The van der Waals surface area contributed by atoms with Crippen LogP contribution in [0.4, 0.5) is 11.5 Å². The van der Waals surface area contributed by atoms with Crippen LogP contribution in [0.15, 0.2) is 18.3 Å². The second kappa shape index (κ2) is 3.81. The van der Waals surface area contributed by atoms with Crippen LogP contribution in [0.3, 0.4) is 0 Å². The molecule has 4 N–H and O–H groups in total. The molecular weight excluding hydrogens is 182 g/mol. The fourth-order valence-electron chi connectivity index (χ4n) is 1.42. The average molecular weight is 195 g/mol. The Kier molecular flexibility index (Phi) is 2.51. The molecule has 14 heavy (non-hydrogen) atoms. The third-order valence-electron chi connectivity index (χ3n) is 2.23. The lowest BCUT2D eigenvalue weighted by Crippen LogP contribution is -2.32. The van der Waals surface area contributed by atoms with Crippen LogP contribution >= 0.6 is 0 Å². The molecule has 76 valence electrons. The van der Waals surface area contributed by atoms with Crippen LogP contribution in [-0.4, -0.2) is 35.5 Å². The number of hydrogen-bond acceptors (Lipinski definition) is 5. The zero-order chi connectivity index (χ0) is 9.97. The van der Waals surface area contributed by atoms with Gasteiger partial charge in [0.25, 0.3) is 0 Å². The molecule has 0 unspecified atom stereocenters. The van der Waals surface area contributed by atoms with E-state index in [4.69, 9.17) is 10.5 Å². The lowest BCUT2D eigenvalue weighted by molar-refractivity contribution is 0.125. The molecule has 2 heterocycles. The number of nitrogens with zero attached hydrogens (tertiary/aromatic N) is 1. The Hall–Kier alpha value is -1.33. The molecule has 5 heteroatoms. The van der Waals surface area contributed by atoms with E-state index in [2.05, 4.69) is 10.3 Å². The van der Waals surface area contributed by atoms with Gasteiger partial charge in [0.2, 0.25) is 0 Å². The molecule has 1 fully saturated rings. The van der Waals surface area contributed by atoms with Crippen LogP contribution in [0.2, 0.25) is 0 Å². The van der Waals surface area contributed by atoms with E-state index >= 15 is 0 Å². The minimum absolute atomic E-state index is 0.0958. The molecule has 0 aromatic carbocycles. The Balaban J connectivity index is 2.07. The van der Waals surface area contributed by atoms with Crippen molar-refractivity contribution in [3.05, 3.63) is 18.3 Å². The monoisotopic (exact) mass is 195 g/mol. The fraction of sp³-hybridized carbons (Fsp3) is 0.444. The first-order chi connectivity index (χ1) is 6.77. The summed E-state index contributed by atoms with van der Waals surface area (Å²) in [5.41, 5.74) is 6.39. The van der Waals surface area contributed by atoms with Crippen molar-refractivity contribution >= 4 is 11.5 Å². The Morgan fingerprint density at radius 2 is 2.43 bits per heavy atom. The predicted octanol–water partition coefficient (Wildman–Crippen LogP) is -0.165. The summed E-state index contributed by atoms with van der Waals surface area (Å²) >= 11 is 0. The molecule has 1 saturated heterocycles. The van der Waals surface area contributed by atoms with Gasteiger partial charge in [-0.3, -0.25) is 0 Å². The van der Waals surface area contributed by atoms with Gasteiger partial charge >= 0.3 is 0 Å². The number of ether oxygens (including phenoxy) is 1. The van der Waals surface area contributed by atoms with E-state index in [1.54, 1.807) is 12.3 Å². The van der Waals surface area contributed by atoms with Gasteiger partial charge in [-0.25, -0.2) is 4.98 Å². The number of aliphatic hydroxyl groups excluding tert-OH is 1. The van der Waals surface area contributed by atoms with E-state index in [1.807, 2.05) is 6.07 Å². The fourth-order valence-corrected chi connectivity index (χ4v) is 1.42. The van der Waals surface area contributed by atoms with Gasteiger partial charge in [-0.15, -0.1) is 0 Å². The van der Waals surface area contributed by atoms with Crippen LogP contribution < -0.4 is 11.1 Å². The predicted molar refractivity (Wildman–Crippen MR) is 52.9 cm³/mol. The molecule has 0 radical (unpaired) electrons. The molecule has 1 aromatic rings. The number of rotatable bonds is 2. The Morgan fingerprint density at radius 3 is 3.07 bits per heavy atom. The van der Waals surface area contributed by atoms with Gasteiger partial charge in [0.1, 0.15) is 5.82 Å². The standard InChI is InChI=1S/C9H13N3O2/c10-9-6(2-1-3-11-9)12-7-4-14-5-8(7)13/h1-3,7-8,12-13H,4-5H2,(H2,10,11)/t7-,8-/m1/s1. The zero-order valence-electron chi connectivity index (χ0n) is 7.68. The van der Waals surface area contributed by atoms with E-state index in [9.17, 15) is 5.11 Å². The summed E-state index contributed by atoms with van der Waals surface area (Å²) in [6.07, 6.45) is 1.15. The molecule has 1 aliphatic heterocycles. The second-order valence-electron chi connectivity index (χ2n) is 3.29. The molecule has 5 nitrogen and oxygen atoms in total. The van der Waals surface area contributed by atoms with Gasteiger partial charge in [0, 0.05) is 6.20 Å². The first-order valence-corrected chi connectivity index (χ1v) is 4.50. The van der Waals surface area contributed by atoms with Crippen molar-refractivity contribution in [2.24, 2.45) is 0 Å². The minimum atomic E-state index is -0.477. The highest BCUT2D eigenvalue weighted by Gasteiger charge is 2.26. The number of nitrogens with two attached hydrogens (primary N) is 1. The molecule has 0 amide bonds. The van der Waals surface area contributed by atoms with Gasteiger partial charge in [0.15, 0.2) is 0 Å². The summed E-state index contributed by atoms with van der Waals surface area (Å²) in [5.74, 6) is 0.437. The smallest absolute Gasteiger partial charge is 0.146 e. The molecule has 1 aliphatic rings. The van der Waals surface area contributed by atoms with Crippen molar-refractivity contribution in [2.75, 3.05) is 24.3 Å². The molecule has 0 saturated carbocycles.